The molecule has 1 aromatic rings. The summed E-state index contributed by atoms with van der Waals surface area (Å²) < 4.78 is 13.2. The molecule has 5 heteroatoms. The van der Waals surface area contributed by atoms with Gasteiger partial charge in [-0.15, -0.1) is 11.8 Å². The number of likely N-dealkylation sites (N-methyl/N-ethyl adjacent to an activating group) is 1. The number of hydrogen-bond acceptors (Lipinski definition) is 3. The molecule has 0 aliphatic carbocycles. The molecular weight excluding hydrogens is 215 g/mol. The van der Waals surface area contributed by atoms with Crippen molar-refractivity contribution in [2.24, 2.45) is 5.73 Å². The van der Waals surface area contributed by atoms with Crippen LogP contribution in [0, 0.1) is 5.82 Å². The second-order valence-electron chi connectivity index (χ2n) is 2.99. The zero-order valence-corrected chi connectivity index (χ0v) is 9.18. The van der Waals surface area contributed by atoms with E-state index < -0.39 is 11.9 Å². The first-order valence-corrected chi connectivity index (χ1v) is 5.47. The van der Waals surface area contributed by atoms with Crippen molar-refractivity contribution in [1.29, 1.82) is 0 Å². The van der Waals surface area contributed by atoms with Crippen LogP contribution in [-0.2, 0) is 4.79 Å². The van der Waals surface area contributed by atoms with Crippen molar-refractivity contribution in [2.75, 3.05) is 12.8 Å². The van der Waals surface area contributed by atoms with Crippen LogP contribution in [0.15, 0.2) is 29.2 Å². The van der Waals surface area contributed by atoms with Gasteiger partial charge in [0.2, 0.25) is 5.91 Å². The Morgan fingerprint density at radius 1 is 1.60 bits per heavy atom. The van der Waals surface area contributed by atoms with E-state index in [9.17, 15) is 9.18 Å². The van der Waals surface area contributed by atoms with Gasteiger partial charge in [-0.05, 0) is 19.2 Å². The van der Waals surface area contributed by atoms with Gasteiger partial charge < -0.3 is 11.1 Å². The van der Waals surface area contributed by atoms with Gasteiger partial charge in [-0.3, -0.25) is 4.79 Å². The number of benzene rings is 1. The Hall–Kier alpha value is -1.07. The van der Waals surface area contributed by atoms with Gasteiger partial charge in [-0.2, -0.15) is 0 Å². The normalized spacial score (nSPS) is 12.4. The number of halogens is 1. The van der Waals surface area contributed by atoms with Crippen molar-refractivity contribution in [3.8, 4) is 0 Å². The predicted octanol–water partition coefficient (Wildman–Crippen LogP) is 0.991. The molecule has 1 rings (SSSR count). The van der Waals surface area contributed by atoms with Crippen molar-refractivity contribution in [1.82, 2.24) is 5.32 Å². The molecule has 1 aromatic carbocycles. The van der Waals surface area contributed by atoms with Crippen molar-refractivity contribution in [3.05, 3.63) is 30.1 Å². The number of nitrogens with one attached hydrogen (secondary N) is 1. The van der Waals surface area contributed by atoms with Gasteiger partial charge in [-0.1, -0.05) is 12.1 Å². The van der Waals surface area contributed by atoms with Crippen molar-refractivity contribution in [2.45, 2.75) is 10.9 Å². The van der Waals surface area contributed by atoms with E-state index in [1.807, 2.05) is 0 Å². The van der Waals surface area contributed by atoms with Crippen LogP contribution in [0.25, 0.3) is 0 Å². The third-order valence-corrected chi connectivity index (χ3v) is 3.08. The Morgan fingerprint density at radius 2 is 2.27 bits per heavy atom. The standard InChI is InChI=1S/C10H13FN2OS/c1-13-8(10(12)14)6-15-9-5-3-2-4-7(9)11/h2-5,8,13H,6H2,1H3,(H2,12,14). The Balaban J connectivity index is 2.56. The van der Waals surface area contributed by atoms with Crippen LogP contribution in [0.2, 0.25) is 0 Å². The zero-order chi connectivity index (χ0) is 11.3. The molecule has 0 aliphatic heterocycles. The Kier molecular flexibility index (Phi) is 4.58. The summed E-state index contributed by atoms with van der Waals surface area (Å²) in [6.45, 7) is 0. The fourth-order valence-corrected chi connectivity index (χ4v) is 2.10. The van der Waals surface area contributed by atoms with Gasteiger partial charge in [0, 0.05) is 10.6 Å². The van der Waals surface area contributed by atoms with Crippen LogP contribution in [-0.4, -0.2) is 24.7 Å². The topological polar surface area (TPSA) is 55.1 Å². The van der Waals surface area contributed by atoms with Gasteiger partial charge in [0.1, 0.15) is 5.82 Å². The minimum Gasteiger partial charge on any atom is -0.368 e. The molecule has 0 radical (unpaired) electrons. The van der Waals surface area contributed by atoms with E-state index in [4.69, 9.17) is 5.73 Å². The molecule has 0 bridgehead atoms. The van der Waals surface area contributed by atoms with Gasteiger partial charge in [0.15, 0.2) is 0 Å². The number of rotatable bonds is 5. The van der Waals surface area contributed by atoms with E-state index in [-0.39, 0.29) is 5.82 Å². The van der Waals surface area contributed by atoms with E-state index in [2.05, 4.69) is 5.32 Å². The molecule has 15 heavy (non-hydrogen) atoms. The Morgan fingerprint density at radius 3 is 2.80 bits per heavy atom. The monoisotopic (exact) mass is 228 g/mol. The van der Waals surface area contributed by atoms with Gasteiger partial charge in [-0.25, -0.2) is 4.39 Å². The highest BCUT2D eigenvalue weighted by Crippen LogP contribution is 2.21. The Bertz CT molecular complexity index is 346. The Labute approximate surface area is 92.2 Å². The number of amides is 1. The number of carbonyl (C=O) groups excluding carboxylic acids is 1. The molecule has 82 valence electrons. The number of hydrogen-bond donors (Lipinski definition) is 2. The first-order valence-electron chi connectivity index (χ1n) is 4.49. The summed E-state index contributed by atoms with van der Waals surface area (Å²) in [6.07, 6.45) is 0. The van der Waals surface area contributed by atoms with Gasteiger partial charge in [0.25, 0.3) is 0 Å². The number of primary amides is 1. The van der Waals surface area contributed by atoms with Crippen LogP contribution >= 0.6 is 11.8 Å². The molecule has 1 unspecified atom stereocenters. The van der Waals surface area contributed by atoms with Crippen LogP contribution in [0.1, 0.15) is 0 Å². The van der Waals surface area contributed by atoms with Crippen molar-refractivity contribution < 1.29 is 9.18 Å². The molecule has 0 aromatic heterocycles. The average molecular weight is 228 g/mol. The lowest BCUT2D eigenvalue weighted by molar-refractivity contribution is -0.119. The maximum atomic E-state index is 13.2. The van der Waals surface area contributed by atoms with Gasteiger partial charge >= 0.3 is 0 Å². The van der Waals surface area contributed by atoms with E-state index in [1.165, 1.54) is 17.8 Å². The van der Waals surface area contributed by atoms with Crippen molar-refractivity contribution in [3.63, 3.8) is 0 Å². The lowest BCUT2D eigenvalue weighted by Gasteiger charge is -2.11. The van der Waals surface area contributed by atoms with E-state index in [1.54, 1.807) is 25.2 Å². The molecule has 0 aliphatic rings. The highest BCUT2D eigenvalue weighted by atomic mass is 32.2. The number of carbonyl (C=O) groups is 1. The third-order valence-electron chi connectivity index (χ3n) is 1.93. The van der Waals surface area contributed by atoms with Crippen LogP contribution < -0.4 is 11.1 Å². The van der Waals surface area contributed by atoms with Crippen LogP contribution in [0.5, 0.6) is 0 Å². The number of nitrogens with two attached hydrogens (primary N) is 1. The minimum atomic E-state index is -0.436. The first-order chi connectivity index (χ1) is 7.15. The molecule has 0 saturated heterocycles. The molecule has 3 nitrogen and oxygen atoms in total. The first kappa shape index (κ1) is 12.0. The molecule has 0 heterocycles. The maximum Gasteiger partial charge on any atom is 0.235 e. The second-order valence-corrected chi connectivity index (χ2v) is 4.05. The van der Waals surface area contributed by atoms with Gasteiger partial charge in [0.05, 0.1) is 6.04 Å². The molecular formula is C10H13FN2OS. The molecule has 0 fully saturated rings. The fraction of sp³-hybridized carbons (Fsp3) is 0.300. The SMILES string of the molecule is CNC(CSc1ccccc1F)C(N)=O. The summed E-state index contributed by atoms with van der Waals surface area (Å²) in [5.74, 6) is -0.282. The molecule has 0 saturated carbocycles. The molecule has 0 spiro atoms. The van der Waals surface area contributed by atoms with E-state index in [0.717, 1.165) is 0 Å². The lowest BCUT2D eigenvalue weighted by atomic mass is 10.3. The third kappa shape index (κ3) is 3.53. The van der Waals surface area contributed by atoms with Crippen molar-refractivity contribution >= 4 is 17.7 Å². The molecule has 1 atom stereocenters. The van der Waals surface area contributed by atoms with E-state index >= 15 is 0 Å². The number of thioether (sulfide) groups is 1. The largest absolute Gasteiger partial charge is 0.368 e. The fourth-order valence-electron chi connectivity index (χ4n) is 1.04. The maximum absolute atomic E-state index is 13.2. The molecule has 3 N–H and O–H groups in total. The minimum absolute atomic E-state index is 0.276. The highest BCUT2D eigenvalue weighted by molar-refractivity contribution is 7.99. The zero-order valence-electron chi connectivity index (χ0n) is 8.37. The van der Waals surface area contributed by atoms with E-state index in [0.29, 0.717) is 10.6 Å². The van der Waals surface area contributed by atoms with Crippen LogP contribution in [0.3, 0.4) is 0 Å². The van der Waals surface area contributed by atoms with Crippen LogP contribution in [0.4, 0.5) is 4.39 Å². The summed E-state index contributed by atoms with van der Waals surface area (Å²) in [6, 6.07) is 6.01. The summed E-state index contributed by atoms with van der Waals surface area (Å²) in [4.78, 5) is 11.4. The quantitative estimate of drug-likeness (QED) is 0.739. The predicted molar refractivity (Wildman–Crippen MR) is 59.2 cm³/mol. The lowest BCUT2D eigenvalue weighted by Crippen LogP contribution is -2.41. The summed E-state index contributed by atoms with van der Waals surface area (Å²) in [5.41, 5.74) is 5.14. The highest BCUT2D eigenvalue weighted by Gasteiger charge is 2.13. The summed E-state index contributed by atoms with van der Waals surface area (Å²) >= 11 is 1.27. The summed E-state index contributed by atoms with van der Waals surface area (Å²) in [5, 5.41) is 2.77. The molecule has 1 amide bonds. The smallest absolute Gasteiger partial charge is 0.235 e. The second kappa shape index (κ2) is 5.72. The average Bonchev–Trinajstić information content (AvgIpc) is 2.21. The summed E-state index contributed by atoms with van der Waals surface area (Å²) in [7, 11) is 1.65.